The lowest BCUT2D eigenvalue weighted by molar-refractivity contribution is 0.157. The predicted octanol–water partition coefficient (Wildman–Crippen LogP) is 2.32. The highest BCUT2D eigenvalue weighted by atomic mass is 35.5. The van der Waals surface area contributed by atoms with E-state index in [4.69, 9.17) is 11.6 Å². The quantitative estimate of drug-likeness (QED) is 0.891. The van der Waals surface area contributed by atoms with Crippen LogP contribution in [0.3, 0.4) is 0 Å². The van der Waals surface area contributed by atoms with Crippen LogP contribution in [0.2, 0.25) is 5.02 Å². The van der Waals surface area contributed by atoms with E-state index in [2.05, 4.69) is 42.7 Å². The first-order chi connectivity index (χ1) is 9.51. The van der Waals surface area contributed by atoms with Crippen LogP contribution in [0.25, 0.3) is 0 Å². The van der Waals surface area contributed by atoms with Crippen molar-refractivity contribution in [1.29, 1.82) is 0 Å². The predicted molar refractivity (Wildman–Crippen MR) is 83.9 cm³/mol. The number of hydrogen-bond acceptors (Lipinski definition) is 4. The highest BCUT2D eigenvalue weighted by molar-refractivity contribution is 7.89. The fourth-order valence-corrected chi connectivity index (χ4v) is 4.92. The Hall–Kier alpha value is -0.690. The topological polar surface area (TPSA) is 71.1 Å². The van der Waals surface area contributed by atoms with Crippen molar-refractivity contribution in [3.63, 3.8) is 0 Å². The third kappa shape index (κ3) is 4.16. The minimum Gasteiger partial charge on any atom is -0.307 e. The Morgan fingerprint density at radius 3 is 2.38 bits per heavy atom. The monoisotopic (exact) mass is 331 g/mol. The lowest BCUT2D eigenvalue weighted by Gasteiger charge is -2.46. The molecule has 0 spiro atoms. The zero-order chi connectivity index (χ0) is 15.9. The van der Waals surface area contributed by atoms with Gasteiger partial charge in [0.15, 0.2) is 0 Å². The van der Waals surface area contributed by atoms with E-state index in [1.165, 1.54) is 18.5 Å². The summed E-state index contributed by atoms with van der Waals surface area (Å²) in [6.45, 7) is 8.30. The molecule has 0 atom stereocenters. The lowest BCUT2D eigenvalue weighted by Crippen LogP contribution is -2.62. The molecule has 5 nitrogen and oxygen atoms in total. The van der Waals surface area contributed by atoms with E-state index in [-0.39, 0.29) is 27.0 Å². The second kappa shape index (κ2) is 5.50. The van der Waals surface area contributed by atoms with Gasteiger partial charge in [-0.1, -0.05) is 11.6 Å². The number of pyridine rings is 1. The molecule has 0 aliphatic carbocycles. The molecular formula is C14H22ClN3O2S. The highest BCUT2D eigenvalue weighted by Crippen LogP contribution is 2.30. The van der Waals surface area contributed by atoms with Gasteiger partial charge in [-0.25, -0.2) is 13.1 Å². The second-order valence-corrected chi connectivity index (χ2v) is 9.01. The Kier molecular flexibility index (Phi) is 4.37. The summed E-state index contributed by atoms with van der Waals surface area (Å²) >= 11 is 5.97. The Morgan fingerprint density at radius 1 is 1.29 bits per heavy atom. The van der Waals surface area contributed by atoms with Gasteiger partial charge in [-0.2, -0.15) is 0 Å². The van der Waals surface area contributed by atoms with Crippen LogP contribution in [0.4, 0.5) is 0 Å². The summed E-state index contributed by atoms with van der Waals surface area (Å²) < 4.78 is 27.7. The lowest BCUT2D eigenvalue weighted by atomic mass is 9.80. The highest BCUT2D eigenvalue weighted by Gasteiger charge is 2.39. The summed E-state index contributed by atoms with van der Waals surface area (Å²) in [7, 11) is -3.66. The number of rotatable bonds is 3. The van der Waals surface area contributed by atoms with Gasteiger partial charge in [0.25, 0.3) is 0 Å². The number of piperidine rings is 1. The summed E-state index contributed by atoms with van der Waals surface area (Å²) in [5, 5.41) is 3.71. The zero-order valence-corrected chi connectivity index (χ0v) is 14.3. The number of aromatic nitrogens is 1. The molecule has 1 aromatic rings. The van der Waals surface area contributed by atoms with E-state index >= 15 is 0 Å². The molecule has 0 amide bonds. The maximum atomic E-state index is 12.5. The summed E-state index contributed by atoms with van der Waals surface area (Å²) in [5.74, 6) is 0. The molecule has 2 heterocycles. The maximum absolute atomic E-state index is 12.5. The molecule has 1 aliphatic rings. The number of nitrogens with zero attached hydrogens (tertiary/aromatic N) is 1. The van der Waals surface area contributed by atoms with Crippen molar-refractivity contribution in [3.05, 3.63) is 23.5 Å². The van der Waals surface area contributed by atoms with Crippen molar-refractivity contribution < 1.29 is 8.42 Å². The van der Waals surface area contributed by atoms with Crippen molar-refractivity contribution in [2.45, 2.75) is 62.6 Å². The Bertz CT molecular complexity index is 613. The van der Waals surface area contributed by atoms with Gasteiger partial charge < -0.3 is 5.32 Å². The molecule has 2 N–H and O–H groups in total. The fraction of sp³-hybridized carbons (Fsp3) is 0.643. The van der Waals surface area contributed by atoms with Crippen LogP contribution in [0.15, 0.2) is 23.4 Å². The molecule has 1 saturated heterocycles. The molecule has 21 heavy (non-hydrogen) atoms. The van der Waals surface area contributed by atoms with Crippen LogP contribution >= 0.6 is 11.6 Å². The molecule has 118 valence electrons. The van der Waals surface area contributed by atoms with E-state index < -0.39 is 10.0 Å². The molecule has 2 rings (SSSR count). The van der Waals surface area contributed by atoms with Gasteiger partial charge in [0.1, 0.15) is 4.90 Å². The molecular weight excluding hydrogens is 310 g/mol. The third-order valence-corrected chi connectivity index (χ3v) is 5.53. The number of halogens is 1. The molecule has 0 bridgehead atoms. The van der Waals surface area contributed by atoms with Crippen LogP contribution in [0, 0.1) is 0 Å². The maximum Gasteiger partial charge on any atom is 0.243 e. The van der Waals surface area contributed by atoms with Gasteiger partial charge in [-0.05, 0) is 46.6 Å². The van der Waals surface area contributed by atoms with Gasteiger partial charge in [0, 0.05) is 29.5 Å². The fourth-order valence-electron chi connectivity index (χ4n) is 3.25. The second-order valence-electron chi connectivity index (χ2n) is 6.93. The molecule has 0 aromatic carbocycles. The standard InChI is InChI=1S/C14H22ClN3O2S/c1-13(2)7-10(8-14(3,4)18-13)17-21(19,20)12-9-16-6-5-11(12)15/h5-6,9-10,17-18H,7-8H2,1-4H3. The van der Waals surface area contributed by atoms with Crippen molar-refractivity contribution in [2.24, 2.45) is 0 Å². The minimum absolute atomic E-state index is 0.0285. The molecule has 1 fully saturated rings. The zero-order valence-electron chi connectivity index (χ0n) is 12.8. The first kappa shape index (κ1) is 16.7. The average Bonchev–Trinajstić information content (AvgIpc) is 2.23. The van der Waals surface area contributed by atoms with E-state index in [1.807, 2.05) is 0 Å². The summed E-state index contributed by atoms with van der Waals surface area (Å²) in [6.07, 6.45) is 4.18. The average molecular weight is 332 g/mol. The summed E-state index contributed by atoms with van der Waals surface area (Å²) in [4.78, 5) is 3.87. The van der Waals surface area contributed by atoms with E-state index in [1.54, 1.807) is 0 Å². The smallest absolute Gasteiger partial charge is 0.243 e. The van der Waals surface area contributed by atoms with Gasteiger partial charge >= 0.3 is 0 Å². The van der Waals surface area contributed by atoms with Crippen molar-refractivity contribution in [3.8, 4) is 0 Å². The van der Waals surface area contributed by atoms with Crippen molar-refractivity contribution in [1.82, 2.24) is 15.0 Å². The van der Waals surface area contributed by atoms with Crippen LogP contribution in [0.5, 0.6) is 0 Å². The van der Waals surface area contributed by atoms with Crippen LogP contribution < -0.4 is 10.0 Å². The molecule has 1 aromatic heterocycles. The summed E-state index contributed by atoms with van der Waals surface area (Å²) in [6, 6.07) is 1.34. The molecule has 0 unspecified atom stereocenters. The molecule has 0 saturated carbocycles. The normalized spacial score (nSPS) is 22.1. The molecule has 0 radical (unpaired) electrons. The third-order valence-electron chi connectivity index (χ3n) is 3.54. The number of sulfonamides is 1. The summed E-state index contributed by atoms with van der Waals surface area (Å²) in [5.41, 5.74) is -0.263. The van der Waals surface area contributed by atoms with Gasteiger partial charge in [0.05, 0.1) is 5.02 Å². The van der Waals surface area contributed by atoms with Crippen LogP contribution in [0.1, 0.15) is 40.5 Å². The van der Waals surface area contributed by atoms with Crippen molar-refractivity contribution >= 4 is 21.6 Å². The van der Waals surface area contributed by atoms with E-state index in [0.29, 0.717) is 12.8 Å². The Morgan fingerprint density at radius 2 is 1.86 bits per heavy atom. The number of nitrogens with one attached hydrogen (secondary N) is 2. The molecule has 7 heteroatoms. The van der Waals surface area contributed by atoms with Crippen molar-refractivity contribution in [2.75, 3.05) is 0 Å². The Balaban J connectivity index is 2.23. The Labute approximate surface area is 131 Å². The van der Waals surface area contributed by atoms with Crippen LogP contribution in [-0.4, -0.2) is 30.5 Å². The first-order valence-corrected chi connectivity index (χ1v) is 8.78. The molecule has 1 aliphatic heterocycles. The van der Waals surface area contributed by atoms with Gasteiger partial charge in [0.2, 0.25) is 10.0 Å². The SMILES string of the molecule is CC1(C)CC(NS(=O)(=O)c2cnccc2Cl)CC(C)(C)N1. The largest absolute Gasteiger partial charge is 0.307 e. The van der Waals surface area contributed by atoms with E-state index in [0.717, 1.165) is 0 Å². The van der Waals surface area contributed by atoms with Gasteiger partial charge in [-0.3, -0.25) is 4.98 Å². The minimum atomic E-state index is -3.66. The van der Waals surface area contributed by atoms with E-state index in [9.17, 15) is 8.42 Å². The number of hydrogen-bond donors (Lipinski definition) is 2. The first-order valence-electron chi connectivity index (χ1n) is 6.92. The van der Waals surface area contributed by atoms with Crippen LogP contribution in [-0.2, 0) is 10.0 Å². The van der Waals surface area contributed by atoms with Gasteiger partial charge in [-0.15, -0.1) is 0 Å².